The van der Waals surface area contributed by atoms with Crippen molar-refractivity contribution >= 4 is 34.6 Å². The van der Waals surface area contributed by atoms with Crippen LogP contribution in [0, 0.1) is 17.6 Å². The normalized spacial score (nSPS) is 15.4. The van der Waals surface area contributed by atoms with Crippen molar-refractivity contribution in [3.63, 3.8) is 0 Å². The highest BCUT2D eigenvalue weighted by Crippen LogP contribution is 2.26. The third-order valence-corrected chi connectivity index (χ3v) is 4.95. The molecule has 4 rings (SSSR count). The minimum absolute atomic E-state index is 0.112. The van der Waals surface area contributed by atoms with Crippen LogP contribution < -0.4 is 10.6 Å². The zero-order valence-corrected chi connectivity index (χ0v) is 15.1. The summed E-state index contributed by atoms with van der Waals surface area (Å²) in [6, 6.07) is 9.00. The van der Waals surface area contributed by atoms with E-state index in [2.05, 4.69) is 20.8 Å². The van der Waals surface area contributed by atoms with Gasteiger partial charge in [-0.2, -0.15) is 5.10 Å². The smallest absolute Gasteiger partial charge is 0.227 e. The third kappa shape index (κ3) is 3.94. The lowest BCUT2D eigenvalue weighted by molar-refractivity contribution is -0.120. The maximum absolute atomic E-state index is 14.4. The molecular weight excluding hydrogens is 362 g/mol. The maximum Gasteiger partial charge on any atom is 0.227 e. The lowest BCUT2D eigenvalue weighted by atomic mass is 9.97. The lowest BCUT2D eigenvalue weighted by Gasteiger charge is -2.21. The van der Waals surface area contributed by atoms with Gasteiger partial charge in [0.15, 0.2) is 0 Å². The number of halogens is 2. The van der Waals surface area contributed by atoms with Crippen LogP contribution in [0.1, 0.15) is 24.1 Å². The van der Waals surface area contributed by atoms with Gasteiger partial charge in [0.2, 0.25) is 5.91 Å². The van der Waals surface area contributed by atoms with Crippen LogP contribution in [0.3, 0.4) is 0 Å². The summed E-state index contributed by atoms with van der Waals surface area (Å²) in [6.45, 7) is 1.58. The highest BCUT2D eigenvalue weighted by Gasteiger charge is 2.22. The molecule has 0 spiro atoms. The summed E-state index contributed by atoms with van der Waals surface area (Å²) in [7, 11) is 0. The number of hydrogen-bond donors (Lipinski definition) is 3. The fraction of sp³-hybridized carbons (Fsp3) is 0.238. The average Bonchev–Trinajstić information content (AvgIpc) is 3.10. The summed E-state index contributed by atoms with van der Waals surface area (Å²) >= 11 is 0. The van der Waals surface area contributed by atoms with Crippen LogP contribution in [-0.2, 0) is 4.79 Å². The Balaban J connectivity index is 1.58. The maximum atomic E-state index is 14.4. The first kappa shape index (κ1) is 18.3. The van der Waals surface area contributed by atoms with Gasteiger partial charge < -0.3 is 10.6 Å². The Hall–Kier alpha value is -3.06. The second-order valence-corrected chi connectivity index (χ2v) is 6.88. The Morgan fingerprint density at radius 2 is 1.86 bits per heavy atom. The summed E-state index contributed by atoms with van der Waals surface area (Å²) in [4.78, 5) is 12.4. The van der Waals surface area contributed by atoms with E-state index in [1.54, 1.807) is 30.4 Å². The van der Waals surface area contributed by atoms with Crippen molar-refractivity contribution in [1.82, 2.24) is 15.5 Å². The molecule has 1 aliphatic rings. The number of anilines is 1. The van der Waals surface area contributed by atoms with Crippen LogP contribution in [0.15, 0.2) is 36.4 Å². The number of aromatic amines is 1. The van der Waals surface area contributed by atoms with Gasteiger partial charge in [-0.25, -0.2) is 8.78 Å². The van der Waals surface area contributed by atoms with Crippen molar-refractivity contribution in [3.05, 3.63) is 59.3 Å². The van der Waals surface area contributed by atoms with Gasteiger partial charge in [0.05, 0.1) is 16.9 Å². The Morgan fingerprint density at radius 1 is 1.11 bits per heavy atom. The second kappa shape index (κ2) is 7.90. The molecule has 0 bridgehead atoms. The molecule has 3 N–H and O–H groups in total. The number of carbonyl (C=O) groups is 1. The summed E-state index contributed by atoms with van der Waals surface area (Å²) in [5.74, 6) is -1.08. The van der Waals surface area contributed by atoms with E-state index in [-0.39, 0.29) is 23.3 Å². The van der Waals surface area contributed by atoms with Gasteiger partial charge in [-0.05, 0) is 55.8 Å². The Kier molecular flexibility index (Phi) is 5.16. The van der Waals surface area contributed by atoms with Crippen molar-refractivity contribution < 1.29 is 13.6 Å². The second-order valence-electron chi connectivity index (χ2n) is 6.88. The van der Waals surface area contributed by atoms with E-state index in [4.69, 9.17) is 0 Å². The summed E-state index contributed by atoms with van der Waals surface area (Å²) in [5, 5.41) is 13.6. The summed E-state index contributed by atoms with van der Waals surface area (Å²) in [6.07, 6.45) is 5.05. The van der Waals surface area contributed by atoms with Crippen molar-refractivity contribution in [3.8, 4) is 0 Å². The van der Waals surface area contributed by atoms with Crippen LogP contribution >= 0.6 is 0 Å². The number of aromatic nitrogens is 2. The zero-order valence-electron chi connectivity index (χ0n) is 15.1. The molecular formula is C21H20F2N4O. The molecule has 144 valence electrons. The lowest BCUT2D eigenvalue weighted by Crippen LogP contribution is -2.34. The molecule has 0 saturated carbocycles. The van der Waals surface area contributed by atoms with Crippen LogP contribution in [0.25, 0.3) is 23.1 Å². The van der Waals surface area contributed by atoms with Crippen molar-refractivity contribution in [1.29, 1.82) is 0 Å². The molecule has 1 aliphatic heterocycles. The van der Waals surface area contributed by atoms with E-state index in [1.165, 1.54) is 18.2 Å². The molecule has 1 fully saturated rings. The van der Waals surface area contributed by atoms with Crippen molar-refractivity contribution in [2.75, 3.05) is 18.4 Å². The molecule has 3 aromatic rings. The number of fused-ring (bicyclic) bond motifs is 1. The van der Waals surface area contributed by atoms with Crippen molar-refractivity contribution in [2.45, 2.75) is 12.8 Å². The van der Waals surface area contributed by atoms with Crippen LogP contribution in [0.5, 0.6) is 0 Å². The first-order chi connectivity index (χ1) is 13.6. The third-order valence-electron chi connectivity index (χ3n) is 4.95. The first-order valence-corrected chi connectivity index (χ1v) is 9.23. The molecule has 0 aliphatic carbocycles. The van der Waals surface area contributed by atoms with E-state index < -0.39 is 5.82 Å². The topological polar surface area (TPSA) is 69.8 Å². The molecule has 0 unspecified atom stereocenters. The number of nitrogens with one attached hydrogen (secondary N) is 3. The largest absolute Gasteiger partial charge is 0.323 e. The predicted octanol–water partition coefficient (Wildman–Crippen LogP) is 3.95. The first-order valence-electron chi connectivity index (χ1n) is 9.23. The fourth-order valence-electron chi connectivity index (χ4n) is 3.35. The molecule has 2 heterocycles. The van der Waals surface area contributed by atoms with Gasteiger partial charge >= 0.3 is 0 Å². The zero-order chi connectivity index (χ0) is 19.5. The Morgan fingerprint density at radius 3 is 2.61 bits per heavy atom. The van der Waals surface area contributed by atoms with E-state index in [9.17, 15) is 13.6 Å². The number of carbonyl (C=O) groups excluding carboxylic acids is 1. The molecule has 28 heavy (non-hydrogen) atoms. The number of nitrogens with zero attached hydrogens (tertiary/aromatic N) is 1. The molecule has 1 amide bonds. The number of H-pyrrole nitrogens is 1. The number of piperidine rings is 1. The standard InChI is InChI=1S/C21H20F2N4O/c22-15-4-1-13(2-5-15)3-6-18-16-11-20(17(23)12-19(16)27-26-18)25-21(28)14-7-9-24-10-8-14/h1-6,11-12,14,24H,7-10H2,(H,25,28)(H,26,27). The molecule has 0 atom stereocenters. The fourth-order valence-corrected chi connectivity index (χ4v) is 3.35. The molecule has 5 nitrogen and oxygen atoms in total. The minimum atomic E-state index is -0.507. The highest BCUT2D eigenvalue weighted by atomic mass is 19.1. The Bertz CT molecular complexity index is 1020. The average molecular weight is 382 g/mol. The molecule has 7 heteroatoms. The van der Waals surface area contributed by atoms with Gasteiger partial charge in [0, 0.05) is 17.4 Å². The Labute approximate surface area is 160 Å². The highest BCUT2D eigenvalue weighted by molar-refractivity contribution is 5.97. The van der Waals surface area contributed by atoms with Gasteiger partial charge in [-0.3, -0.25) is 9.89 Å². The summed E-state index contributed by atoms with van der Waals surface area (Å²) < 4.78 is 27.4. The molecule has 2 aromatic carbocycles. The number of amides is 1. The van der Waals surface area contributed by atoms with Gasteiger partial charge in [-0.15, -0.1) is 0 Å². The molecule has 1 saturated heterocycles. The number of rotatable bonds is 4. The number of hydrogen-bond acceptors (Lipinski definition) is 3. The van der Waals surface area contributed by atoms with E-state index >= 15 is 0 Å². The van der Waals surface area contributed by atoms with Crippen LogP contribution in [0.4, 0.5) is 14.5 Å². The molecule has 1 aromatic heterocycles. The van der Waals surface area contributed by atoms with Gasteiger partial charge in [-0.1, -0.05) is 18.2 Å². The quantitative estimate of drug-likeness (QED) is 0.640. The molecule has 0 radical (unpaired) electrons. The van der Waals surface area contributed by atoms with Crippen molar-refractivity contribution in [2.24, 2.45) is 5.92 Å². The SMILES string of the molecule is O=C(Nc1cc2c(C=Cc3ccc(F)cc3)n[nH]c2cc1F)C1CCNCC1. The van der Waals surface area contributed by atoms with Crippen LogP contribution in [0.2, 0.25) is 0 Å². The van der Waals surface area contributed by atoms with Gasteiger partial charge in [0.25, 0.3) is 0 Å². The van der Waals surface area contributed by atoms with E-state index in [1.807, 2.05) is 0 Å². The monoisotopic (exact) mass is 382 g/mol. The predicted molar refractivity (Wildman–Crippen MR) is 106 cm³/mol. The van der Waals surface area contributed by atoms with Crippen LogP contribution in [-0.4, -0.2) is 29.2 Å². The minimum Gasteiger partial charge on any atom is -0.323 e. The van der Waals surface area contributed by atoms with E-state index in [0.29, 0.717) is 16.6 Å². The summed E-state index contributed by atoms with van der Waals surface area (Å²) in [5.41, 5.74) is 2.11. The van der Waals surface area contributed by atoms with E-state index in [0.717, 1.165) is 31.5 Å². The number of benzene rings is 2. The van der Waals surface area contributed by atoms with Gasteiger partial charge in [0.1, 0.15) is 11.6 Å².